The number of carbonyl (C=O) groups excluding carboxylic acids is 2. The van der Waals surface area contributed by atoms with Gasteiger partial charge in [-0.3, -0.25) is 4.79 Å². The average molecular weight is 410 g/mol. The third kappa shape index (κ3) is 5.15. The highest BCUT2D eigenvalue weighted by molar-refractivity contribution is 7.98. The van der Waals surface area contributed by atoms with E-state index in [4.69, 9.17) is 4.74 Å². The Kier molecular flexibility index (Phi) is 6.89. The molecule has 1 aromatic carbocycles. The number of aromatic nitrogens is 1. The molecule has 29 heavy (non-hydrogen) atoms. The molecule has 1 aromatic heterocycles. The Balaban J connectivity index is 1.70. The summed E-state index contributed by atoms with van der Waals surface area (Å²) in [4.78, 5) is 31.4. The highest BCUT2D eigenvalue weighted by Gasteiger charge is 2.29. The van der Waals surface area contributed by atoms with Crippen molar-refractivity contribution in [1.29, 1.82) is 5.26 Å². The van der Waals surface area contributed by atoms with Crippen LogP contribution in [0.1, 0.15) is 52.9 Å². The minimum Gasteiger partial charge on any atom is -0.452 e. The van der Waals surface area contributed by atoms with Crippen LogP contribution in [0.25, 0.3) is 0 Å². The number of likely N-dealkylation sites (N-methyl/N-ethyl adjacent to an activating group) is 1. The van der Waals surface area contributed by atoms with Gasteiger partial charge in [-0.2, -0.15) is 5.26 Å². The molecule has 1 aliphatic rings. The highest BCUT2D eigenvalue weighted by Crippen LogP contribution is 2.40. The number of nitriles is 1. The molecule has 0 unspecified atom stereocenters. The Morgan fingerprint density at radius 2 is 2.03 bits per heavy atom. The Labute approximate surface area is 174 Å². The van der Waals surface area contributed by atoms with Crippen molar-refractivity contribution in [2.24, 2.45) is 0 Å². The van der Waals surface area contributed by atoms with Gasteiger partial charge in [-0.05, 0) is 37.7 Å². The zero-order valence-electron chi connectivity index (χ0n) is 16.6. The van der Waals surface area contributed by atoms with E-state index in [9.17, 15) is 14.9 Å². The zero-order valence-corrected chi connectivity index (χ0v) is 17.4. The van der Waals surface area contributed by atoms with Crippen LogP contribution in [0.3, 0.4) is 0 Å². The molecule has 0 N–H and O–H groups in total. The van der Waals surface area contributed by atoms with Crippen LogP contribution in [0, 0.1) is 11.3 Å². The molecule has 6 nitrogen and oxygen atoms in total. The predicted octanol–water partition coefficient (Wildman–Crippen LogP) is 3.76. The van der Waals surface area contributed by atoms with Crippen LogP contribution < -0.4 is 0 Å². The number of benzene rings is 1. The van der Waals surface area contributed by atoms with Crippen LogP contribution in [0.15, 0.2) is 41.4 Å². The fourth-order valence-electron chi connectivity index (χ4n) is 3.02. The standard InChI is InChI=1S/C22H23N3O3S/c1-3-25(13-15-7-5-4-6-8-15)20(26)14-28-22(27)17-11-19(16-9-10-16)24-21(29-2)18(17)12-23/h4-8,11,16H,3,9-10,13-14H2,1-2H3. The molecule has 0 atom stereocenters. The van der Waals surface area contributed by atoms with Gasteiger partial charge >= 0.3 is 5.97 Å². The predicted molar refractivity (Wildman–Crippen MR) is 111 cm³/mol. The van der Waals surface area contributed by atoms with E-state index in [0.29, 0.717) is 24.0 Å². The molecule has 150 valence electrons. The van der Waals surface area contributed by atoms with Crippen LogP contribution >= 0.6 is 11.8 Å². The van der Waals surface area contributed by atoms with E-state index in [-0.39, 0.29) is 23.6 Å². The first-order chi connectivity index (χ1) is 14.1. The van der Waals surface area contributed by atoms with Crippen LogP contribution in [-0.2, 0) is 16.1 Å². The first kappa shape index (κ1) is 20.9. The number of esters is 1. The number of hydrogen-bond acceptors (Lipinski definition) is 6. The highest BCUT2D eigenvalue weighted by atomic mass is 32.2. The van der Waals surface area contributed by atoms with Gasteiger partial charge < -0.3 is 9.64 Å². The normalized spacial score (nSPS) is 12.9. The van der Waals surface area contributed by atoms with E-state index in [1.54, 1.807) is 11.0 Å². The van der Waals surface area contributed by atoms with Crippen molar-refractivity contribution >= 4 is 23.6 Å². The van der Waals surface area contributed by atoms with E-state index in [1.807, 2.05) is 43.5 Å². The van der Waals surface area contributed by atoms with Gasteiger partial charge in [-0.1, -0.05) is 30.3 Å². The van der Waals surface area contributed by atoms with Gasteiger partial charge in [0.05, 0.1) is 11.1 Å². The van der Waals surface area contributed by atoms with Gasteiger partial charge in [-0.25, -0.2) is 9.78 Å². The first-order valence-corrected chi connectivity index (χ1v) is 10.8. The molecule has 1 heterocycles. The van der Waals surface area contributed by atoms with Crippen LogP contribution in [0.4, 0.5) is 0 Å². The minimum atomic E-state index is -0.662. The number of pyridine rings is 1. The molecule has 1 amide bonds. The summed E-state index contributed by atoms with van der Waals surface area (Å²) in [6.45, 7) is 2.48. The molecule has 1 aliphatic carbocycles. The molecule has 3 rings (SSSR count). The summed E-state index contributed by atoms with van der Waals surface area (Å²) < 4.78 is 5.29. The maximum absolute atomic E-state index is 12.7. The summed E-state index contributed by atoms with van der Waals surface area (Å²) in [5, 5.41) is 10.0. The van der Waals surface area contributed by atoms with E-state index >= 15 is 0 Å². The number of amides is 1. The van der Waals surface area contributed by atoms with Gasteiger partial charge in [-0.15, -0.1) is 11.8 Å². The largest absolute Gasteiger partial charge is 0.452 e. The Morgan fingerprint density at radius 3 is 2.62 bits per heavy atom. The summed E-state index contributed by atoms with van der Waals surface area (Å²) in [5.41, 5.74) is 2.21. The number of hydrogen-bond donors (Lipinski definition) is 0. The molecule has 0 saturated heterocycles. The lowest BCUT2D eigenvalue weighted by Gasteiger charge is -2.21. The number of thioether (sulfide) groups is 1. The van der Waals surface area contributed by atoms with Gasteiger partial charge in [0.1, 0.15) is 11.1 Å². The summed E-state index contributed by atoms with van der Waals surface area (Å²) in [5.74, 6) is -0.599. The Bertz CT molecular complexity index is 936. The minimum absolute atomic E-state index is 0.188. The molecule has 0 radical (unpaired) electrons. The molecule has 0 spiro atoms. The first-order valence-electron chi connectivity index (χ1n) is 9.55. The van der Waals surface area contributed by atoms with E-state index in [1.165, 1.54) is 11.8 Å². The van der Waals surface area contributed by atoms with Gasteiger partial charge in [0.2, 0.25) is 0 Å². The van der Waals surface area contributed by atoms with Crippen LogP contribution in [0.2, 0.25) is 0 Å². The molecular weight excluding hydrogens is 386 g/mol. The lowest BCUT2D eigenvalue weighted by atomic mass is 10.1. The van der Waals surface area contributed by atoms with E-state index in [0.717, 1.165) is 24.1 Å². The second kappa shape index (κ2) is 9.57. The number of rotatable bonds is 8. The maximum atomic E-state index is 12.7. The third-order valence-electron chi connectivity index (χ3n) is 4.80. The molecule has 0 aliphatic heterocycles. The summed E-state index contributed by atoms with van der Waals surface area (Å²) in [6.07, 6.45) is 3.89. The van der Waals surface area contributed by atoms with E-state index < -0.39 is 5.97 Å². The van der Waals surface area contributed by atoms with Crippen molar-refractivity contribution in [2.45, 2.75) is 37.3 Å². The van der Waals surface area contributed by atoms with Gasteiger partial charge in [0.25, 0.3) is 5.91 Å². The molecular formula is C22H23N3O3S. The lowest BCUT2D eigenvalue weighted by Crippen LogP contribution is -2.34. The summed E-state index contributed by atoms with van der Waals surface area (Å²) in [7, 11) is 0. The third-order valence-corrected chi connectivity index (χ3v) is 5.49. The average Bonchev–Trinajstić information content (AvgIpc) is 3.60. The smallest absolute Gasteiger partial charge is 0.340 e. The van der Waals surface area contributed by atoms with Gasteiger partial charge in [0.15, 0.2) is 6.61 Å². The fourth-order valence-corrected chi connectivity index (χ4v) is 3.58. The van der Waals surface area contributed by atoms with Crippen molar-refractivity contribution in [3.63, 3.8) is 0 Å². The molecule has 1 saturated carbocycles. The molecule has 7 heteroatoms. The fraction of sp³-hybridized carbons (Fsp3) is 0.364. The topological polar surface area (TPSA) is 83.3 Å². The number of nitrogens with zero attached hydrogens (tertiary/aromatic N) is 3. The molecule has 2 aromatic rings. The monoisotopic (exact) mass is 409 g/mol. The van der Waals surface area contributed by atoms with Crippen LogP contribution in [-0.4, -0.2) is 41.2 Å². The van der Waals surface area contributed by atoms with Crippen molar-refractivity contribution < 1.29 is 14.3 Å². The molecule has 1 fully saturated rings. The van der Waals surface area contributed by atoms with Gasteiger partial charge in [0, 0.05) is 24.7 Å². The van der Waals surface area contributed by atoms with Crippen molar-refractivity contribution in [3.05, 3.63) is 58.8 Å². The van der Waals surface area contributed by atoms with E-state index in [2.05, 4.69) is 11.1 Å². The summed E-state index contributed by atoms with van der Waals surface area (Å²) in [6, 6.07) is 13.3. The van der Waals surface area contributed by atoms with Crippen molar-refractivity contribution in [2.75, 3.05) is 19.4 Å². The second-order valence-electron chi connectivity index (χ2n) is 6.83. The second-order valence-corrected chi connectivity index (χ2v) is 7.63. The quantitative estimate of drug-likeness (QED) is 0.488. The van der Waals surface area contributed by atoms with Crippen molar-refractivity contribution in [3.8, 4) is 6.07 Å². The summed E-state index contributed by atoms with van der Waals surface area (Å²) >= 11 is 1.33. The van der Waals surface area contributed by atoms with Crippen molar-refractivity contribution in [1.82, 2.24) is 9.88 Å². The Hall–Kier alpha value is -2.85. The van der Waals surface area contributed by atoms with Crippen LogP contribution in [0.5, 0.6) is 0 Å². The Morgan fingerprint density at radius 1 is 1.31 bits per heavy atom. The lowest BCUT2D eigenvalue weighted by molar-refractivity contribution is -0.134. The molecule has 0 bridgehead atoms. The SMILES string of the molecule is CCN(Cc1ccccc1)C(=O)COC(=O)c1cc(C2CC2)nc(SC)c1C#N. The maximum Gasteiger partial charge on any atom is 0.340 e. The zero-order chi connectivity index (χ0) is 20.8. The number of carbonyl (C=O) groups is 2. The number of ether oxygens (including phenoxy) is 1.